The highest BCUT2D eigenvalue weighted by molar-refractivity contribution is 5.94. The molecule has 88 valence electrons. The topological polar surface area (TPSA) is 69.6 Å². The third-order valence-electron chi connectivity index (χ3n) is 2.36. The molecule has 0 heterocycles. The van der Waals surface area contributed by atoms with Crippen molar-refractivity contribution in [3.05, 3.63) is 29.3 Å². The van der Waals surface area contributed by atoms with Crippen LogP contribution in [0, 0.1) is 12.8 Å². The van der Waals surface area contributed by atoms with Gasteiger partial charge in [0.15, 0.2) is 0 Å². The van der Waals surface area contributed by atoms with E-state index in [1.165, 1.54) is 0 Å². The molecule has 0 aliphatic heterocycles. The number of aromatic carboxylic acids is 1. The molecule has 0 spiro atoms. The maximum absolute atomic E-state index is 11.0. The molecule has 0 bridgehead atoms. The van der Waals surface area contributed by atoms with Gasteiger partial charge in [0.1, 0.15) is 0 Å². The summed E-state index contributed by atoms with van der Waals surface area (Å²) in [6.45, 7) is 4.44. The van der Waals surface area contributed by atoms with Crippen molar-refractivity contribution in [1.82, 2.24) is 0 Å². The average molecular weight is 223 g/mol. The monoisotopic (exact) mass is 223 g/mol. The fraction of sp³-hybridized carbons (Fsp3) is 0.417. The highest BCUT2D eigenvalue weighted by Crippen LogP contribution is 2.18. The number of carbonyl (C=O) groups is 1. The summed E-state index contributed by atoms with van der Waals surface area (Å²) in [7, 11) is 0. The molecule has 0 saturated carbocycles. The first kappa shape index (κ1) is 12.5. The first-order chi connectivity index (χ1) is 7.54. The van der Waals surface area contributed by atoms with Gasteiger partial charge >= 0.3 is 5.97 Å². The zero-order chi connectivity index (χ0) is 12.1. The van der Waals surface area contributed by atoms with Gasteiger partial charge in [-0.05, 0) is 30.5 Å². The van der Waals surface area contributed by atoms with Crippen molar-refractivity contribution in [3.8, 4) is 0 Å². The van der Waals surface area contributed by atoms with E-state index < -0.39 is 5.97 Å². The van der Waals surface area contributed by atoms with Gasteiger partial charge in [0.05, 0.1) is 5.56 Å². The Bertz CT molecular complexity index is 377. The standard InChI is InChI=1S/C12H17NO3/c1-8-3-4-10(12(15)16)11(5-8)13-6-9(2)7-14/h3-5,9,13-14H,6-7H2,1-2H3,(H,15,16). The molecule has 0 aromatic heterocycles. The van der Waals surface area contributed by atoms with Crippen molar-refractivity contribution in [2.45, 2.75) is 13.8 Å². The van der Waals surface area contributed by atoms with Crippen molar-refractivity contribution in [2.24, 2.45) is 5.92 Å². The largest absolute Gasteiger partial charge is 0.478 e. The van der Waals surface area contributed by atoms with Crippen molar-refractivity contribution in [3.63, 3.8) is 0 Å². The maximum atomic E-state index is 11.0. The van der Waals surface area contributed by atoms with Gasteiger partial charge in [-0.25, -0.2) is 4.79 Å². The van der Waals surface area contributed by atoms with Gasteiger partial charge in [0.2, 0.25) is 0 Å². The molecular formula is C12H17NO3. The Morgan fingerprint density at radius 2 is 2.19 bits per heavy atom. The Labute approximate surface area is 94.9 Å². The van der Waals surface area contributed by atoms with Crippen molar-refractivity contribution < 1.29 is 15.0 Å². The number of rotatable bonds is 5. The highest BCUT2D eigenvalue weighted by atomic mass is 16.4. The number of aryl methyl sites for hydroxylation is 1. The minimum absolute atomic E-state index is 0.0845. The van der Waals surface area contributed by atoms with E-state index in [1.807, 2.05) is 13.8 Å². The van der Waals surface area contributed by atoms with E-state index in [4.69, 9.17) is 10.2 Å². The van der Waals surface area contributed by atoms with Crippen LogP contribution in [0.25, 0.3) is 0 Å². The summed E-state index contributed by atoms with van der Waals surface area (Å²) in [5.74, 6) is -0.846. The number of aliphatic hydroxyl groups excluding tert-OH is 1. The third kappa shape index (κ3) is 3.24. The van der Waals surface area contributed by atoms with Gasteiger partial charge in [-0.15, -0.1) is 0 Å². The van der Waals surface area contributed by atoms with Crippen LogP contribution in [0.2, 0.25) is 0 Å². The summed E-state index contributed by atoms with van der Waals surface area (Å²) < 4.78 is 0. The number of carboxylic acids is 1. The SMILES string of the molecule is Cc1ccc(C(=O)O)c(NCC(C)CO)c1. The van der Waals surface area contributed by atoms with E-state index in [-0.39, 0.29) is 18.1 Å². The zero-order valence-corrected chi connectivity index (χ0v) is 9.53. The summed E-state index contributed by atoms with van der Waals surface area (Å²) in [6.07, 6.45) is 0. The lowest BCUT2D eigenvalue weighted by Gasteiger charge is -2.13. The molecule has 0 radical (unpaired) electrons. The Balaban J connectivity index is 2.84. The van der Waals surface area contributed by atoms with Crippen LogP contribution >= 0.6 is 0 Å². The average Bonchev–Trinajstić information content (AvgIpc) is 2.25. The second kappa shape index (κ2) is 5.51. The van der Waals surface area contributed by atoms with Gasteiger partial charge in [0, 0.05) is 18.8 Å². The Morgan fingerprint density at radius 1 is 1.50 bits per heavy atom. The van der Waals surface area contributed by atoms with Gasteiger partial charge in [0.25, 0.3) is 0 Å². The number of anilines is 1. The molecule has 0 saturated heterocycles. The number of carboxylic acid groups (broad SMARTS) is 1. The van der Waals surface area contributed by atoms with Gasteiger partial charge in [-0.2, -0.15) is 0 Å². The molecule has 1 aromatic carbocycles. The molecule has 0 amide bonds. The van der Waals surface area contributed by atoms with Gasteiger partial charge in [-0.1, -0.05) is 13.0 Å². The summed E-state index contributed by atoms with van der Waals surface area (Å²) in [6, 6.07) is 5.15. The molecular weight excluding hydrogens is 206 g/mol. The maximum Gasteiger partial charge on any atom is 0.337 e. The van der Waals surface area contributed by atoms with Crippen molar-refractivity contribution in [1.29, 1.82) is 0 Å². The highest BCUT2D eigenvalue weighted by Gasteiger charge is 2.10. The quantitative estimate of drug-likeness (QED) is 0.711. The van der Waals surface area contributed by atoms with Crippen LogP contribution in [0.1, 0.15) is 22.8 Å². The molecule has 0 aliphatic rings. The molecule has 1 atom stereocenters. The van der Waals surface area contributed by atoms with Crippen molar-refractivity contribution in [2.75, 3.05) is 18.5 Å². The van der Waals surface area contributed by atoms with Crippen LogP contribution in [0.3, 0.4) is 0 Å². The first-order valence-corrected chi connectivity index (χ1v) is 5.23. The second-order valence-electron chi connectivity index (χ2n) is 4.02. The predicted octanol–water partition coefficient (Wildman–Crippen LogP) is 1.73. The number of benzene rings is 1. The molecule has 16 heavy (non-hydrogen) atoms. The summed E-state index contributed by atoms with van der Waals surface area (Å²) in [5, 5.41) is 20.9. The molecule has 1 unspecified atom stereocenters. The van der Waals surface area contributed by atoms with Gasteiger partial charge < -0.3 is 15.5 Å². The number of nitrogens with one attached hydrogen (secondary N) is 1. The summed E-state index contributed by atoms with van der Waals surface area (Å²) in [5.41, 5.74) is 1.87. The van der Waals surface area contributed by atoms with E-state index in [0.717, 1.165) is 5.56 Å². The molecule has 4 nitrogen and oxygen atoms in total. The van der Waals surface area contributed by atoms with Crippen LogP contribution in [0.15, 0.2) is 18.2 Å². The lowest BCUT2D eigenvalue weighted by Crippen LogP contribution is -2.16. The van der Waals surface area contributed by atoms with Crippen LogP contribution in [0.5, 0.6) is 0 Å². The lowest BCUT2D eigenvalue weighted by molar-refractivity contribution is 0.0698. The Hall–Kier alpha value is -1.55. The summed E-state index contributed by atoms with van der Waals surface area (Å²) in [4.78, 5) is 11.0. The number of hydrogen-bond donors (Lipinski definition) is 3. The minimum Gasteiger partial charge on any atom is -0.478 e. The second-order valence-corrected chi connectivity index (χ2v) is 4.02. The minimum atomic E-state index is -0.945. The fourth-order valence-electron chi connectivity index (χ4n) is 1.34. The molecule has 1 rings (SSSR count). The third-order valence-corrected chi connectivity index (χ3v) is 2.36. The van der Waals surface area contributed by atoms with Crippen LogP contribution in [-0.4, -0.2) is 29.3 Å². The smallest absolute Gasteiger partial charge is 0.337 e. The molecule has 1 aromatic rings. The van der Waals surface area contributed by atoms with Gasteiger partial charge in [-0.3, -0.25) is 0 Å². The predicted molar refractivity (Wildman–Crippen MR) is 62.9 cm³/mol. The van der Waals surface area contributed by atoms with Crippen LogP contribution in [-0.2, 0) is 0 Å². The van der Waals surface area contributed by atoms with Crippen molar-refractivity contribution >= 4 is 11.7 Å². The molecule has 0 fully saturated rings. The molecule has 3 N–H and O–H groups in total. The Morgan fingerprint density at radius 3 is 2.75 bits per heavy atom. The lowest BCUT2D eigenvalue weighted by atomic mass is 10.1. The fourth-order valence-corrected chi connectivity index (χ4v) is 1.34. The van der Waals surface area contributed by atoms with Crippen LogP contribution in [0.4, 0.5) is 5.69 Å². The first-order valence-electron chi connectivity index (χ1n) is 5.23. The number of aliphatic hydroxyl groups is 1. The number of hydrogen-bond acceptors (Lipinski definition) is 3. The van der Waals surface area contributed by atoms with E-state index >= 15 is 0 Å². The summed E-state index contributed by atoms with van der Waals surface area (Å²) >= 11 is 0. The van der Waals surface area contributed by atoms with E-state index in [2.05, 4.69) is 5.32 Å². The zero-order valence-electron chi connectivity index (χ0n) is 9.53. The van der Waals surface area contributed by atoms with Crippen LogP contribution < -0.4 is 5.32 Å². The molecule has 0 aliphatic carbocycles. The van der Waals surface area contributed by atoms with E-state index in [1.54, 1.807) is 18.2 Å². The normalized spacial score (nSPS) is 12.2. The van der Waals surface area contributed by atoms with E-state index in [9.17, 15) is 4.79 Å². The molecule has 4 heteroatoms. The Kier molecular flexibility index (Phi) is 4.31. The van der Waals surface area contributed by atoms with E-state index in [0.29, 0.717) is 12.2 Å².